The minimum atomic E-state index is -0.969. The summed E-state index contributed by atoms with van der Waals surface area (Å²) in [5.41, 5.74) is 4.93. The van der Waals surface area contributed by atoms with E-state index >= 15 is 0 Å². The van der Waals surface area contributed by atoms with Gasteiger partial charge in [0.1, 0.15) is 24.1 Å². The zero-order valence-electron chi connectivity index (χ0n) is 14.5. The van der Waals surface area contributed by atoms with Crippen molar-refractivity contribution in [3.8, 4) is 11.1 Å². The van der Waals surface area contributed by atoms with Gasteiger partial charge in [0.2, 0.25) is 0 Å². The van der Waals surface area contributed by atoms with Crippen molar-refractivity contribution < 1.29 is 19.1 Å². The van der Waals surface area contributed by atoms with Gasteiger partial charge >= 0.3 is 0 Å². The predicted molar refractivity (Wildman–Crippen MR) is 93.1 cm³/mol. The first-order valence-electron chi connectivity index (χ1n) is 8.72. The first-order chi connectivity index (χ1) is 12.6. The summed E-state index contributed by atoms with van der Waals surface area (Å²) in [6.07, 6.45) is 3.41. The van der Waals surface area contributed by atoms with Crippen LogP contribution in [0.15, 0.2) is 29.2 Å². The van der Waals surface area contributed by atoms with Crippen LogP contribution in [0.1, 0.15) is 47.7 Å². The summed E-state index contributed by atoms with van der Waals surface area (Å²) in [5.74, 6) is 2.19. The highest BCUT2D eigenvalue weighted by Crippen LogP contribution is 2.41. The van der Waals surface area contributed by atoms with Crippen molar-refractivity contribution in [2.45, 2.75) is 45.0 Å². The number of aromatic nitrogens is 3. The minimum Gasteiger partial charge on any atom is -0.456 e. The Morgan fingerprint density at radius 2 is 1.96 bits per heavy atom. The molecule has 5 rings (SSSR count). The number of aliphatic hydroxyl groups excluding tert-OH is 1. The van der Waals surface area contributed by atoms with E-state index in [1.54, 1.807) is 0 Å². The molecule has 3 aromatic rings. The maximum atomic E-state index is 10.9. The molecule has 1 aliphatic carbocycles. The number of hydrogen-bond acceptors (Lipinski definition) is 6. The van der Waals surface area contributed by atoms with Crippen LogP contribution in [0.25, 0.3) is 22.2 Å². The first-order valence-corrected chi connectivity index (χ1v) is 8.72. The van der Waals surface area contributed by atoms with E-state index in [9.17, 15) is 5.11 Å². The Kier molecular flexibility index (Phi) is 3.33. The molecule has 0 saturated heterocycles. The van der Waals surface area contributed by atoms with Gasteiger partial charge in [0.05, 0.1) is 16.7 Å². The van der Waals surface area contributed by atoms with Crippen molar-refractivity contribution in [1.82, 2.24) is 15.1 Å². The first kappa shape index (κ1) is 15.5. The third-order valence-corrected chi connectivity index (χ3v) is 4.98. The molecule has 1 unspecified atom stereocenters. The normalized spacial score (nSPS) is 18.3. The summed E-state index contributed by atoms with van der Waals surface area (Å²) in [6.45, 7) is 3.78. The molecule has 0 amide bonds. The number of H-pyrrole nitrogens is 1. The lowest BCUT2D eigenvalue weighted by atomic mass is 9.97. The van der Waals surface area contributed by atoms with E-state index in [4.69, 9.17) is 19.0 Å². The van der Waals surface area contributed by atoms with E-state index < -0.39 is 12.4 Å². The van der Waals surface area contributed by atoms with E-state index in [1.807, 2.05) is 26.0 Å². The van der Waals surface area contributed by atoms with Crippen LogP contribution in [0.3, 0.4) is 0 Å². The molecule has 1 aromatic carbocycles. The third-order valence-electron chi connectivity index (χ3n) is 4.98. The summed E-state index contributed by atoms with van der Waals surface area (Å²) in [4.78, 5) is 8.16. The molecule has 7 heteroatoms. The standard InChI is InChI=1S/C19H19N3O4/c1-9-15(10(2)26-22-9)12-7-13(17(23)19-24-5-6-25-19)16-14(8-12)20-18(21-16)11-3-4-11/h5-8,11,17,19,23H,3-4H2,1-2H3,(H,20,21). The van der Waals surface area contributed by atoms with Gasteiger partial charge in [-0.3, -0.25) is 0 Å². The Morgan fingerprint density at radius 1 is 1.19 bits per heavy atom. The Balaban J connectivity index is 1.69. The van der Waals surface area contributed by atoms with Gasteiger partial charge in [-0.25, -0.2) is 4.98 Å². The Labute approximate surface area is 149 Å². The lowest BCUT2D eigenvalue weighted by molar-refractivity contribution is -0.108. The fourth-order valence-electron chi connectivity index (χ4n) is 3.52. The van der Waals surface area contributed by atoms with Crippen molar-refractivity contribution in [2.75, 3.05) is 0 Å². The monoisotopic (exact) mass is 353 g/mol. The number of aliphatic hydroxyl groups is 1. The van der Waals surface area contributed by atoms with E-state index in [0.717, 1.165) is 52.3 Å². The fourth-order valence-corrected chi connectivity index (χ4v) is 3.52. The van der Waals surface area contributed by atoms with Gasteiger partial charge in [-0.1, -0.05) is 5.16 Å². The number of nitrogens with one attached hydrogen (secondary N) is 1. The second-order valence-electron chi connectivity index (χ2n) is 6.91. The topological polar surface area (TPSA) is 93.4 Å². The lowest BCUT2D eigenvalue weighted by Crippen LogP contribution is -2.19. The number of nitrogens with zero attached hydrogens (tertiary/aromatic N) is 2. The predicted octanol–water partition coefficient (Wildman–Crippen LogP) is 3.59. The summed E-state index contributed by atoms with van der Waals surface area (Å²) >= 11 is 0. The second-order valence-corrected chi connectivity index (χ2v) is 6.91. The molecule has 7 nitrogen and oxygen atoms in total. The Bertz CT molecular complexity index is 988. The number of aryl methyl sites for hydroxylation is 2. The van der Waals surface area contributed by atoms with E-state index in [0.29, 0.717) is 11.5 Å². The molecule has 26 heavy (non-hydrogen) atoms. The van der Waals surface area contributed by atoms with Crippen molar-refractivity contribution >= 4 is 11.0 Å². The van der Waals surface area contributed by atoms with E-state index in [-0.39, 0.29) is 0 Å². The molecule has 0 spiro atoms. The van der Waals surface area contributed by atoms with Crippen molar-refractivity contribution in [1.29, 1.82) is 0 Å². The van der Waals surface area contributed by atoms with Crippen LogP contribution < -0.4 is 0 Å². The minimum absolute atomic E-state index is 0.482. The maximum Gasteiger partial charge on any atom is 0.269 e. The zero-order valence-corrected chi connectivity index (χ0v) is 14.5. The highest BCUT2D eigenvalue weighted by Gasteiger charge is 2.31. The summed E-state index contributed by atoms with van der Waals surface area (Å²) in [7, 11) is 0. The molecular formula is C19H19N3O4. The molecule has 0 radical (unpaired) electrons. The van der Waals surface area contributed by atoms with Crippen LogP contribution in [0.4, 0.5) is 0 Å². The smallest absolute Gasteiger partial charge is 0.269 e. The van der Waals surface area contributed by atoms with Crippen LogP contribution in [0.2, 0.25) is 0 Å². The van der Waals surface area contributed by atoms with Crippen LogP contribution in [-0.4, -0.2) is 26.5 Å². The number of benzene rings is 1. The molecule has 2 aliphatic rings. The molecule has 0 bridgehead atoms. The molecule has 1 saturated carbocycles. The van der Waals surface area contributed by atoms with Crippen LogP contribution in [0.5, 0.6) is 0 Å². The Morgan fingerprint density at radius 3 is 2.62 bits per heavy atom. The van der Waals surface area contributed by atoms with Gasteiger partial charge in [0, 0.05) is 17.0 Å². The van der Waals surface area contributed by atoms with Crippen LogP contribution in [0, 0.1) is 13.8 Å². The van der Waals surface area contributed by atoms with Gasteiger partial charge in [-0.2, -0.15) is 0 Å². The number of hydrogen-bond donors (Lipinski definition) is 2. The summed E-state index contributed by atoms with van der Waals surface area (Å²) in [5, 5.41) is 14.9. The van der Waals surface area contributed by atoms with Gasteiger partial charge in [0.25, 0.3) is 6.29 Å². The van der Waals surface area contributed by atoms with Crippen molar-refractivity contribution in [3.63, 3.8) is 0 Å². The van der Waals surface area contributed by atoms with E-state index in [1.165, 1.54) is 12.5 Å². The average Bonchev–Trinajstić information content (AvgIpc) is 3.04. The fraction of sp³-hybridized carbons (Fsp3) is 0.368. The number of imidazole rings is 1. The number of rotatable bonds is 4. The maximum absolute atomic E-state index is 10.9. The lowest BCUT2D eigenvalue weighted by Gasteiger charge is -2.18. The number of fused-ring (bicyclic) bond motifs is 1. The largest absolute Gasteiger partial charge is 0.456 e. The zero-order chi connectivity index (χ0) is 17.8. The highest BCUT2D eigenvalue weighted by atomic mass is 16.7. The number of ether oxygens (including phenoxy) is 2. The molecular weight excluding hydrogens is 334 g/mol. The highest BCUT2D eigenvalue weighted by molar-refractivity contribution is 5.86. The van der Waals surface area contributed by atoms with Crippen LogP contribution in [-0.2, 0) is 9.47 Å². The van der Waals surface area contributed by atoms with Crippen molar-refractivity contribution in [3.05, 3.63) is 47.5 Å². The quantitative estimate of drug-likeness (QED) is 0.744. The van der Waals surface area contributed by atoms with Crippen molar-refractivity contribution in [2.24, 2.45) is 0 Å². The van der Waals surface area contributed by atoms with E-state index in [2.05, 4.69) is 10.1 Å². The Hall–Kier alpha value is -2.80. The van der Waals surface area contributed by atoms with Gasteiger partial charge in [-0.15, -0.1) is 0 Å². The molecule has 1 fully saturated rings. The number of aromatic amines is 1. The molecule has 1 atom stereocenters. The summed E-state index contributed by atoms with van der Waals surface area (Å²) in [6, 6.07) is 3.95. The SMILES string of the molecule is Cc1noc(C)c1-c1cc(C(O)C2OC=CO2)c2nc(C3CC3)[nH]c2c1. The molecule has 2 N–H and O–H groups in total. The van der Waals surface area contributed by atoms with Gasteiger partial charge < -0.3 is 24.1 Å². The van der Waals surface area contributed by atoms with Crippen LogP contribution >= 0.6 is 0 Å². The summed E-state index contributed by atoms with van der Waals surface area (Å²) < 4.78 is 16.0. The molecule has 3 heterocycles. The molecule has 1 aliphatic heterocycles. The third kappa shape index (κ3) is 2.39. The molecule has 2 aromatic heterocycles. The average molecular weight is 353 g/mol. The second kappa shape index (κ2) is 5.60. The molecule has 134 valence electrons. The van der Waals surface area contributed by atoms with Gasteiger partial charge in [0.15, 0.2) is 6.10 Å². The van der Waals surface area contributed by atoms with Gasteiger partial charge in [-0.05, 0) is 44.4 Å².